The molecule has 0 saturated heterocycles. The Hall–Kier alpha value is -0.980. The molecule has 0 saturated carbocycles. The average molecular weight is 384 g/mol. The highest BCUT2D eigenvalue weighted by Crippen LogP contribution is 2.35. The molecular weight excluding hydrogens is 371 g/mol. The SMILES string of the molecule is CC(C)N(CC(=O)O)C(=O)Nc1ccc(Br)c(Cl)c1Cl. The highest BCUT2D eigenvalue weighted by Gasteiger charge is 2.21. The highest BCUT2D eigenvalue weighted by atomic mass is 79.9. The monoisotopic (exact) mass is 382 g/mol. The van der Waals surface area contributed by atoms with E-state index in [1.54, 1.807) is 26.0 Å². The van der Waals surface area contributed by atoms with E-state index in [4.69, 9.17) is 28.3 Å². The van der Waals surface area contributed by atoms with Crippen molar-refractivity contribution in [2.45, 2.75) is 19.9 Å². The molecule has 2 N–H and O–H groups in total. The zero-order chi connectivity index (χ0) is 15.4. The molecule has 8 heteroatoms. The fraction of sp³-hybridized carbons (Fsp3) is 0.333. The molecule has 0 fully saturated rings. The van der Waals surface area contributed by atoms with E-state index in [0.717, 1.165) is 0 Å². The van der Waals surface area contributed by atoms with E-state index in [-0.39, 0.29) is 16.1 Å². The van der Waals surface area contributed by atoms with Crippen LogP contribution in [0.5, 0.6) is 0 Å². The zero-order valence-corrected chi connectivity index (χ0v) is 13.9. The van der Waals surface area contributed by atoms with Gasteiger partial charge in [0.05, 0.1) is 15.7 Å². The van der Waals surface area contributed by atoms with Crippen LogP contribution in [0.2, 0.25) is 10.0 Å². The van der Waals surface area contributed by atoms with Gasteiger partial charge in [0.15, 0.2) is 0 Å². The molecule has 0 aliphatic carbocycles. The number of benzene rings is 1. The van der Waals surface area contributed by atoms with Crippen LogP contribution in [-0.2, 0) is 4.79 Å². The number of amides is 2. The van der Waals surface area contributed by atoms with Crippen molar-refractivity contribution in [1.82, 2.24) is 4.90 Å². The molecule has 1 rings (SSSR count). The van der Waals surface area contributed by atoms with Gasteiger partial charge in [-0.2, -0.15) is 0 Å². The van der Waals surface area contributed by atoms with Gasteiger partial charge < -0.3 is 15.3 Å². The number of anilines is 1. The molecule has 0 aliphatic rings. The number of nitrogens with one attached hydrogen (secondary N) is 1. The molecule has 2 amide bonds. The van der Waals surface area contributed by atoms with E-state index < -0.39 is 18.5 Å². The molecular formula is C12H13BrCl2N2O3. The van der Waals surface area contributed by atoms with Gasteiger partial charge in [0.1, 0.15) is 6.54 Å². The van der Waals surface area contributed by atoms with Gasteiger partial charge in [-0.3, -0.25) is 4.79 Å². The summed E-state index contributed by atoms with van der Waals surface area (Å²) in [7, 11) is 0. The number of urea groups is 1. The second kappa shape index (κ2) is 7.15. The van der Waals surface area contributed by atoms with Crippen molar-refractivity contribution in [3.63, 3.8) is 0 Å². The van der Waals surface area contributed by atoms with E-state index in [1.165, 1.54) is 4.90 Å². The first kappa shape index (κ1) is 17.1. The predicted octanol–water partition coefficient (Wildman–Crippen LogP) is 4.08. The number of rotatable bonds is 4. The Balaban J connectivity index is 2.94. The quantitative estimate of drug-likeness (QED) is 0.769. The molecule has 0 radical (unpaired) electrons. The summed E-state index contributed by atoms with van der Waals surface area (Å²) < 4.78 is 0.605. The number of carbonyl (C=O) groups is 2. The van der Waals surface area contributed by atoms with Crippen LogP contribution in [0.1, 0.15) is 13.8 Å². The summed E-state index contributed by atoms with van der Waals surface area (Å²) in [5.41, 5.74) is 0.320. The van der Waals surface area contributed by atoms with E-state index >= 15 is 0 Å². The number of carboxylic acid groups (broad SMARTS) is 1. The number of hydrogen-bond donors (Lipinski definition) is 2. The number of nitrogens with zero attached hydrogens (tertiary/aromatic N) is 1. The molecule has 110 valence electrons. The fourth-order valence-electron chi connectivity index (χ4n) is 1.44. The standard InChI is InChI=1S/C12H13BrCl2N2O3/c1-6(2)17(5-9(18)19)12(20)16-8-4-3-7(13)10(14)11(8)15/h3-4,6H,5H2,1-2H3,(H,16,20)(H,18,19). The molecule has 5 nitrogen and oxygen atoms in total. The number of halogens is 3. The van der Waals surface area contributed by atoms with Gasteiger partial charge in [0.2, 0.25) is 0 Å². The Morgan fingerprint density at radius 1 is 1.35 bits per heavy atom. The highest BCUT2D eigenvalue weighted by molar-refractivity contribution is 9.10. The lowest BCUT2D eigenvalue weighted by molar-refractivity contribution is -0.137. The predicted molar refractivity (Wildman–Crippen MR) is 82.7 cm³/mol. The normalized spacial score (nSPS) is 10.5. The maximum Gasteiger partial charge on any atom is 0.323 e. The Bertz CT molecular complexity index is 538. The van der Waals surface area contributed by atoms with Crippen LogP contribution < -0.4 is 5.32 Å². The first-order chi connectivity index (χ1) is 9.23. The van der Waals surface area contributed by atoms with Crippen LogP contribution >= 0.6 is 39.1 Å². The van der Waals surface area contributed by atoms with Gasteiger partial charge in [-0.25, -0.2) is 4.79 Å². The summed E-state index contributed by atoms with van der Waals surface area (Å²) in [6, 6.07) is 2.40. The summed E-state index contributed by atoms with van der Waals surface area (Å²) in [5, 5.41) is 11.8. The van der Waals surface area contributed by atoms with Crippen molar-refractivity contribution in [2.75, 3.05) is 11.9 Å². The average Bonchev–Trinajstić information content (AvgIpc) is 2.36. The molecule has 0 aliphatic heterocycles. The van der Waals surface area contributed by atoms with Crippen molar-refractivity contribution in [3.05, 3.63) is 26.7 Å². The lowest BCUT2D eigenvalue weighted by atomic mass is 10.3. The van der Waals surface area contributed by atoms with Gasteiger partial charge in [-0.05, 0) is 41.9 Å². The van der Waals surface area contributed by atoms with E-state index in [0.29, 0.717) is 10.2 Å². The molecule has 0 atom stereocenters. The molecule has 0 unspecified atom stereocenters. The third-order valence-electron chi connectivity index (χ3n) is 2.47. The Kier molecular flexibility index (Phi) is 6.10. The molecule has 1 aromatic rings. The number of carboxylic acids is 1. The minimum atomic E-state index is -1.09. The third-order valence-corrected chi connectivity index (χ3v) is 4.24. The Morgan fingerprint density at radius 2 is 1.95 bits per heavy atom. The summed E-state index contributed by atoms with van der Waals surface area (Å²) in [6.07, 6.45) is 0. The van der Waals surface area contributed by atoms with Crippen molar-refractivity contribution in [2.24, 2.45) is 0 Å². The van der Waals surface area contributed by atoms with Crippen LogP contribution in [0.15, 0.2) is 16.6 Å². The van der Waals surface area contributed by atoms with Gasteiger partial charge in [0, 0.05) is 10.5 Å². The molecule has 20 heavy (non-hydrogen) atoms. The lowest BCUT2D eigenvalue weighted by Crippen LogP contribution is -2.43. The van der Waals surface area contributed by atoms with Gasteiger partial charge in [-0.1, -0.05) is 23.2 Å². The minimum absolute atomic E-state index is 0.188. The van der Waals surface area contributed by atoms with E-state index in [1.807, 2.05) is 0 Å². The van der Waals surface area contributed by atoms with Crippen molar-refractivity contribution in [1.29, 1.82) is 0 Å². The third kappa shape index (κ3) is 4.26. The smallest absolute Gasteiger partial charge is 0.323 e. The van der Waals surface area contributed by atoms with Crippen LogP contribution in [0.25, 0.3) is 0 Å². The number of hydrogen-bond acceptors (Lipinski definition) is 2. The summed E-state index contributed by atoms with van der Waals surface area (Å²) >= 11 is 15.2. The zero-order valence-electron chi connectivity index (χ0n) is 10.8. The lowest BCUT2D eigenvalue weighted by Gasteiger charge is -2.25. The molecule has 0 heterocycles. The first-order valence-corrected chi connectivity index (χ1v) is 7.21. The van der Waals surface area contributed by atoms with Gasteiger partial charge in [0.25, 0.3) is 0 Å². The summed E-state index contributed by atoms with van der Waals surface area (Å²) in [4.78, 5) is 24.0. The van der Waals surface area contributed by atoms with E-state index in [9.17, 15) is 9.59 Å². The van der Waals surface area contributed by atoms with Crippen LogP contribution in [-0.4, -0.2) is 34.6 Å². The first-order valence-electron chi connectivity index (χ1n) is 5.67. The molecule has 0 aromatic heterocycles. The van der Waals surface area contributed by atoms with Crippen LogP contribution in [0.4, 0.5) is 10.5 Å². The second-order valence-electron chi connectivity index (χ2n) is 4.27. The van der Waals surface area contributed by atoms with Crippen molar-refractivity contribution in [3.8, 4) is 0 Å². The molecule has 1 aromatic carbocycles. The van der Waals surface area contributed by atoms with Crippen LogP contribution in [0, 0.1) is 0 Å². The van der Waals surface area contributed by atoms with Crippen molar-refractivity contribution >= 4 is 56.8 Å². The van der Waals surface area contributed by atoms with Crippen LogP contribution in [0.3, 0.4) is 0 Å². The Morgan fingerprint density at radius 3 is 2.45 bits per heavy atom. The Labute approximate surface area is 135 Å². The largest absolute Gasteiger partial charge is 0.480 e. The maximum absolute atomic E-state index is 12.1. The van der Waals surface area contributed by atoms with E-state index in [2.05, 4.69) is 21.2 Å². The molecule has 0 bridgehead atoms. The fourth-order valence-corrected chi connectivity index (χ4v) is 2.27. The molecule has 0 spiro atoms. The summed E-state index contributed by atoms with van der Waals surface area (Å²) in [5.74, 6) is -1.09. The maximum atomic E-state index is 12.1. The van der Waals surface area contributed by atoms with Crippen molar-refractivity contribution < 1.29 is 14.7 Å². The minimum Gasteiger partial charge on any atom is -0.480 e. The van der Waals surface area contributed by atoms with Gasteiger partial charge >= 0.3 is 12.0 Å². The topological polar surface area (TPSA) is 69.6 Å². The summed E-state index contributed by atoms with van der Waals surface area (Å²) in [6.45, 7) is 3.04. The van der Waals surface area contributed by atoms with Gasteiger partial charge in [-0.15, -0.1) is 0 Å². The number of aliphatic carboxylic acids is 1. The second-order valence-corrected chi connectivity index (χ2v) is 5.88. The number of carbonyl (C=O) groups excluding carboxylic acids is 1.